The number of nitrogens with zero attached hydrogens (tertiary/aromatic N) is 1. The molecule has 1 heterocycles. The van der Waals surface area contributed by atoms with Gasteiger partial charge in [-0.05, 0) is 34.1 Å². The minimum Gasteiger partial charge on any atom is -0.447 e. The number of halogens is 2. The molecule has 1 aromatic rings. The van der Waals surface area contributed by atoms with Gasteiger partial charge >= 0.3 is 6.09 Å². The van der Waals surface area contributed by atoms with Gasteiger partial charge in [-0.25, -0.2) is 9.18 Å². The fourth-order valence-corrected chi connectivity index (χ4v) is 1.79. The van der Waals surface area contributed by atoms with Crippen molar-refractivity contribution in [2.75, 3.05) is 18.1 Å². The van der Waals surface area contributed by atoms with Gasteiger partial charge in [0.15, 0.2) is 0 Å². The lowest BCUT2D eigenvalue weighted by atomic mass is 10.2. The van der Waals surface area contributed by atoms with Crippen LogP contribution in [0.5, 0.6) is 0 Å². The SMILES string of the molecule is O=C1OCC(CO)N1c1ccc(Br)c(F)c1. The van der Waals surface area contributed by atoms with Crippen molar-refractivity contribution in [2.24, 2.45) is 0 Å². The van der Waals surface area contributed by atoms with Crippen molar-refractivity contribution in [2.45, 2.75) is 6.04 Å². The molecule has 86 valence electrons. The summed E-state index contributed by atoms with van der Waals surface area (Å²) in [6, 6.07) is 3.86. The number of amides is 1. The first-order valence-corrected chi connectivity index (χ1v) is 5.44. The lowest BCUT2D eigenvalue weighted by Gasteiger charge is -2.19. The fourth-order valence-electron chi connectivity index (χ4n) is 1.55. The van der Waals surface area contributed by atoms with Gasteiger partial charge in [0.05, 0.1) is 22.8 Å². The lowest BCUT2D eigenvalue weighted by Crippen LogP contribution is -2.36. The smallest absolute Gasteiger partial charge is 0.414 e. The van der Waals surface area contributed by atoms with Crippen molar-refractivity contribution in [1.82, 2.24) is 0 Å². The molecule has 4 nitrogen and oxygen atoms in total. The summed E-state index contributed by atoms with van der Waals surface area (Å²) in [4.78, 5) is 12.6. The molecule has 0 aliphatic carbocycles. The van der Waals surface area contributed by atoms with Gasteiger partial charge in [0.2, 0.25) is 0 Å². The Morgan fingerprint density at radius 3 is 3.00 bits per heavy atom. The molecule has 1 aliphatic rings. The highest BCUT2D eigenvalue weighted by molar-refractivity contribution is 9.10. The summed E-state index contributed by atoms with van der Waals surface area (Å²) in [7, 11) is 0. The highest BCUT2D eigenvalue weighted by Gasteiger charge is 2.33. The normalized spacial score (nSPS) is 20.1. The summed E-state index contributed by atoms with van der Waals surface area (Å²) < 4.78 is 18.4. The van der Waals surface area contributed by atoms with E-state index in [4.69, 9.17) is 9.84 Å². The molecule has 6 heteroatoms. The van der Waals surface area contributed by atoms with Crippen LogP contribution in [-0.4, -0.2) is 30.5 Å². The van der Waals surface area contributed by atoms with Crippen LogP contribution in [-0.2, 0) is 4.74 Å². The van der Waals surface area contributed by atoms with Crippen molar-refractivity contribution >= 4 is 27.7 Å². The van der Waals surface area contributed by atoms with Crippen LogP contribution in [0.1, 0.15) is 0 Å². The van der Waals surface area contributed by atoms with Crippen LogP contribution < -0.4 is 4.90 Å². The summed E-state index contributed by atoms with van der Waals surface area (Å²) in [5, 5.41) is 9.06. The number of hydrogen-bond donors (Lipinski definition) is 1. The molecule has 16 heavy (non-hydrogen) atoms. The first-order valence-electron chi connectivity index (χ1n) is 4.65. The van der Waals surface area contributed by atoms with E-state index in [1.165, 1.54) is 17.0 Å². The number of hydrogen-bond acceptors (Lipinski definition) is 3. The zero-order chi connectivity index (χ0) is 11.7. The second-order valence-electron chi connectivity index (χ2n) is 3.38. The molecule has 0 aromatic heterocycles. The molecule has 1 aromatic carbocycles. The molecule has 1 aliphatic heterocycles. The van der Waals surface area contributed by atoms with Gasteiger partial charge in [-0.2, -0.15) is 0 Å². The number of carbonyl (C=O) groups is 1. The number of aliphatic hydroxyl groups is 1. The zero-order valence-corrected chi connectivity index (χ0v) is 9.78. The fraction of sp³-hybridized carbons (Fsp3) is 0.300. The molecule has 1 N–H and O–H groups in total. The van der Waals surface area contributed by atoms with Crippen LogP contribution in [0.2, 0.25) is 0 Å². The number of cyclic esters (lactones) is 1. The number of anilines is 1. The number of benzene rings is 1. The monoisotopic (exact) mass is 289 g/mol. The van der Waals surface area contributed by atoms with E-state index in [2.05, 4.69) is 15.9 Å². The minimum absolute atomic E-state index is 0.118. The summed E-state index contributed by atoms with van der Waals surface area (Å²) >= 11 is 3.03. The van der Waals surface area contributed by atoms with E-state index in [1.807, 2.05) is 0 Å². The van der Waals surface area contributed by atoms with Crippen molar-refractivity contribution in [1.29, 1.82) is 0 Å². The summed E-state index contributed by atoms with van der Waals surface area (Å²) in [6.45, 7) is -0.101. The zero-order valence-electron chi connectivity index (χ0n) is 8.19. The van der Waals surface area contributed by atoms with Gasteiger partial charge in [0, 0.05) is 0 Å². The maximum atomic E-state index is 13.3. The number of carbonyl (C=O) groups excluding carboxylic acids is 1. The summed E-state index contributed by atoms with van der Waals surface area (Å²) in [6.07, 6.45) is -0.569. The van der Waals surface area contributed by atoms with Crippen LogP contribution in [0.25, 0.3) is 0 Å². The molecule has 0 saturated carbocycles. The Labute approximate surface area is 99.7 Å². The first-order chi connectivity index (χ1) is 7.63. The average molecular weight is 290 g/mol. The summed E-state index contributed by atoms with van der Waals surface area (Å²) in [5.74, 6) is -0.464. The Kier molecular flexibility index (Phi) is 3.11. The minimum atomic E-state index is -0.569. The molecule has 0 radical (unpaired) electrons. The second-order valence-corrected chi connectivity index (χ2v) is 4.24. The van der Waals surface area contributed by atoms with E-state index in [0.29, 0.717) is 10.2 Å². The standard InChI is InChI=1S/C10H9BrFNO3/c11-8-2-1-6(3-9(8)12)13-7(4-14)5-16-10(13)15/h1-3,7,14H,4-5H2. The molecule has 1 fully saturated rings. The van der Waals surface area contributed by atoms with Gasteiger partial charge in [-0.1, -0.05) is 0 Å². The molecular weight excluding hydrogens is 281 g/mol. The molecule has 1 amide bonds. The van der Waals surface area contributed by atoms with Gasteiger partial charge in [0.1, 0.15) is 12.4 Å². The van der Waals surface area contributed by atoms with Crippen molar-refractivity contribution in [3.05, 3.63) is 28.5 Å². The third-order valence-electron chi connectivity index (χ3n) is 2.35. The highest BCUT2D eigenvalue weighted by atomic mass is 79.9. The quantitative estimate of drug-likeness (QED) is 0.905. The molecule has 1 saturated heterocycles. The molecule has 1 atom stereocenters. The molecule has 2 rings (SSSR count). The summed E-state index contributed by atoms with van der Waals surface area (Å²) in [5.41, 5.74) is 0.377. The topological polar surface area (TPSA) is 49.8 Å². The predicted octanol–water partition coefficient (Wildman–Crippen LogP) is 1.91. The molecular formula is C10H9BrFNO3. The van der Waals surface area contributed by atoms with Crippen molar-refractivity contribution in [3.8, 4) is 0 Å². The van der Waals surface area contributed by atoms with Gasteiger partial charge in [0.25, 0.3) is 0 Å². The van der Waals surface area contributed by atoms with Crippen LogP contribution in [0, 0.1) is 5.82 Å². The van der Waals surface area contributed by atoms with Gasteiger partial charge in [-0.15, -0.1) is 0 Å². The van der Waals surface area contributed by atoms with Gasteiger partial charge in [-0.3, -0.25) is 4.90 Å². The van der Waals surface area contributed by atoms with Crippen LogP contribution in [0.4, 0.5) is 14.9 Å². The Morgan fingerprint density at radius 2 is 2.38 bits per heavy atom. The second kappa shape index (κ2) is 4.39. The van der Waals surface area contributed by atoms with E-state index in [0.717, 1.165) is 0 Å². The Morgan fingerprint density at radius 1 is 1.62 bits per heavy atom. The Hall–Kier alpha value is -1.14. The maximum Gasteiger partial charge on any atom is 0.414 e. The molecule has 0 spiro atoms. The third-order valence-corrected chi connectivity index (χ3v) is 3.00. The molecule has 0 bridgehead atoms. The Bertz CT molecular complexity index is 427. The van der Waals surface area contributed by atoms with E-state index < -0.39 is 18.0 Å². The number of aliphatic hydroxyl groups excluding tert-OH is 1. The Balaban J connectivity index is 2.35. The van der Waals surface area contributed by atoms with E-state index in [9.17, 15) is 9.18 Å². The maximum absolute atomic E-state index is 13.3. The van der Waals surface area contributed by atoms with E-state index >= 15 is 0 Å². The molecule has 1 unspecified atom stereocenters. The largest absolute Gasteiger partial charge is 0.447 e. The number of ether oxygens (including phenoxy) is 1. The van der Waals surface area contributed by atoms with Crippen LogP contribution >= 0.6 is 15.9 Å². The number of rotatable bonds is 2. The van der Waals surface area contributed by atoms with Crippen molar-refractivity contribution in [3.63, 3.8) is 0 Å². The first kappa shape index (κ1) is 11.3. The van der Waals surface area contributed by atoms with Crippen LogP contribution in [0.15, 0.2) is 22.7 Å². The average Bonchev–Trinajstić information content (AvgIpc) is 2.64. The van der Waals surface area contributed by atoms with E-state index in [1.54, 1.807) is 6.07 Å². The van der Waals surface area contributed by atoms with Crippen molar-refractivity contribution < 1.29 is 19.0 Å². The third kappa shape index (κ3) is 1.90. The van der Waals surface area contributed by atoms with Crippen LogP contribution in [0.3, 0.4) is 0 Å². The van der Waals surface area contributed by atoms with Gasteiger partial charge < -0.3 is 9.84 Å². The highest BCUT2D eigenvalue weighted by Crippen LogP contribution is 2.26. The lowest BCUT2D eigenvalue weighted by molar-refractivity contribution is 0.174. The predicted molar refractivity (Wildman–Crippen MR) is 58.8 cm³/mol. The van der Waals surface area contributed by atoms with E-state index in [-0.39, 0.29) is 13.2 Å².